The predicted molar refractivity (Wildman–Crippen MR) is 83.5 cm³/mol. The third kappa shape index (κ3) is 3.57. The highest BCUT2D eigenvalue weighted by molar-refractivity contribution is 6.31. The average Bonchev–Trinajstić information content (AvgIpc) is 3.11. The standard InChI is InChI=1S/C16H20ClN3O/c1-19-12-18-9-14(19)11-21-15-5-4-13(16(17)8-15)10-20-6-2-3-7-20/h4-5,8-9,12H,2-3,6-7,10-11H2,1H3. The lowest BCUT2D eigenvalue weighted by Gasteiger charge is -2.16. The van der Waals surface area contributed by atoms with Gasteiger partial charge in [-0.3, -0.25) is 4.90 Å². The largest absolute Gasteiger partial charge is 0.487 e. The van der Waals surface area contributed by atoms with Gasteiger partial charge in [0.2, 0.25) is 0 Å². The van der Waals surface area contributed by atoms with Crippen LogP contribution in [0, 0.1) is 0 Å². The summed E-state index contributed by atoms with van der Waals surface area (Å²) in [7, 11) is 1.96. The highest BCUT2D eigenvalue weighted by Crippen LogP contribution is 2.25. The molecule has 3 rings (SSSR count). The molecule has 0 saturated carbocycles. The van der Waals surface area contributed by atoms with Crippen LogP contribution in [-0.2, 0) is 20.2 Å². The van der Waals surface area contributed by atoms with Gasteiger partial charge in [0, 0.05) is 18.6 Å². The lowest BCUT2D eigenvalue weighted by molar-refractivity contribution is 0.296. The second kappa shape index (κ2) is 6.50. The zero-order valence-corrected chi connectivity index (χ0v) is 13.0. The van der Waals surface area contributed by atoms with Crippen molar-refractivity contribution in [3.05, 3.63) is 47.0 Å². The van der Waals surface area contributed by atoms with E-state index in [0.717, 1.165) is 23.0 Å². The molecule has 0 N–H and O–H groups in total. The lowest BCUT2D eigenvalue weighted by atomic mass is 10.2. The summed E-state index contributed by atoms with van der Waals surface area (Å²) in [6.07, 6.45) is 6.17. The molecule has 1 aromatic carbocycles. The molecule has 1 aliphatic heterocycles. The quantitative estimate of drug-likeness (QED) is 0.849. The van der Waals surface area contributed by atoms with E-state index in [0.29, 0.717) is 6.61 Å². The van der Waals surface area contributed by atoms with Crippen LogP contribution in [0.1, 0.15) is 24.1 Å². The highest BCUT2D eigenvalue weighted by atomic mass is 35.5. The van der Waals surface area contributed by atoms with Crippen molar-refractivity contribution < 1.29 is 4.74 Å². The Balaban J connectivity index is 1.62. The Morgan fingerprint density at radius 2 is 2.10 bits per heavy atom. The Hall–Kier alpha value is -1.52. The van der Waals surface area contributed by atoms with Gasteiger partial charge in [0.25, 0.3) is 0 Å². The van der Waals surface area contributed by atoms with Crippen molar-refractivity contribution in [2.45, 2.75) is 26.0 Å². The van der Waals surface area contributed by atoms with Crippen molar-refractivity contribution in [2.75, 3.05) is 13.1 Å². The molecule has 0 unspecified atom stereocenters. The number of ether oxygens (including phenoxy) is 1. The predicted octanol–water partition coefficient (Wildman–Crippen LogP) is 3.25. The molecule has 1 saturated heterocycles. The molecule has 0 amide bonds. The number of nitrogens with zero attached hydrogens (tertiary/aromatic N) is 3. The molecule has 1 aliphatic rings. The number of aryl methyl sites for hydroxylation is 1. The molecular weight excluding hydrogens is 286 g/mol. The zero-order chi connectivity index (χ0) is 14.7. The van der Waals surface area contributed by atoms with Gasteiger partial charge < -0.3 is 9.30 Å². The molecule has 1 aromatic heterocycles. The van der Waals surface area contributed by atoms with Crippen molar-refractivity contribution >= 4 is 11.6 Å². The number of benzene rings is 1. The molecule has 0 aliphatic carbocycles. The van der Waals surface area contributed by atoms with Gasteiger partial charge in [0.15, 0.2) is 0 Å². The minimum atomic E-state index is 0.498. The third-order valence-electron chi connectivity index (χ3n) is 3.92. The first kappa shape index (κ1) is 14.4. The Morgan fingerprint density at radius 1 is 1.29 bits per heavy atom. The van der Waals surface area contributed by atoms with E-state index in [2.05, 4.69) is 16.0 Å². The summed E-state index contributed by atoms with van der Waals surface area (Å²) < 4.78 is 7.73. The first-order chi connectivity index (χ1) is 10.2. The third-order valence-corrected chi connectivity index (χ3v) is 4.27. The van der Waals surface area contributed by atoms with E-state index in [1.54, 1.807) is 6.33 Å². The van der Waals surface area contributed by atoms with Crippen molar-refractivity contribution in [3.8, 4) is 5.75 Å². The minimum Gasteiger partial charge on any atom is -0.487 e. The molecule has 1 fully saturated rings. The van der Waals surface area contributed by atoms with Crippen molar-refractivity contribution in [1.82, 2.24) is 14.5 Å². The summed E-state index contributed by atoms with van der Waals surface area (Å²) in [5, 5.41) is 0.782. The first-order valence-electron chi connectivity index (χ1n) is 7.31. The van der Waals surface area contributed by atoms with Crippen molar-refractivity contribution in [2.24, 2.45) is 7.05 Å². The van der Waals surface area contributed by atoms with Gasteiger partial charge in [-0.15, -0.1) is 0 Å². The summed E-state index contributed by atoms with van der Waals surface area (Å²) >= 11 is 6.38. The Bertz CT molecular complexity index is 605. The molecule has 0 atom stereocenters. The van der Waals surface area contributed by atoms with Gasteiger partial charge in [0.05, 0.1) is 18.2 Å². The molecular formula is C16H20ClN3O. The highest BCUT2D eigenvalue weighted by Gasteiger charge is 2.13. The molecule has 2 aromatic rings. The molecule has 0 radical (unpaired) electrons. The Labute approximate surface area is 130 Å². The maximum absolute atomic E-state index is 6.38. The fourth-order valence-corrected chi connectivity index (χ4v) is 2.84. The number of halogens is 1. The monoisotopic (exact) mass is 305 g/mol. The van der Waals surface area contributed by atoms with Gasteiger partial charge in [-0.05, 0) is 43.6 Å². The van der Waals surface area contributed by atoms with Gasteiger partial charge in [-0.25, -0.2) is 4.98 Å². The van der Waals surface area contributed by atoms with Crippen LogP contribution < -0.4 is 4.74 Å². The minimum absolute atomic E-state index is 0.498. The van der Waals surface area contributed by atoms with Crippen LogP contribution in [0.3, 0.4) is 0 Å². The number of hydrogen-bond acceptors (Lipinski definition) is 3. The summed E-state index contributed by atoms with van der Waals surface area (Å²) in [4.78, 5) is 6.52. The maximum Gasteiger partial charge on any atom is 0.130 e. The number of aromatic nitrogens is 2. The smallest absolute Gasteiger partial charge is 0.130 e. The number of likely N-dealkylation sites (tertiary alicyclic amines) is 1. The molecule has 21 heavy (non-hydrogen) atoms. The second-order valence-electron chi connectivity index (χ2n) is 5.52. The van der Waals surface area contributed by atoms with Crippen LogP contribution in [-0.4, -0.2) is 27.5 Å². The fraction of sp³-hybridized carbons (Fsp3) is 0.438. The van der Waals surface area contributed by atoms with E-state index in [9.17, 15) is 0 Å². The van der Waals surface area contributed by atoms with Gasteiger partial charge in [0.1, 0.15) is 12.4 Å². The van der Waals surface area contributed by atoms with E-state index in [-0.39, 0.29) is 0 Å². The van der Waals surface area contributed by atoms with E-state index < -0.39 is 0 Å². The number of hydrogen-bond donors (Lipinski definition) is 0. The molecule has 5 heteroatoms. The van der Waals surface area contributed by atoms with Crippen LogP contribution in [0.2, 0.25) is 5.02 Å². The fourth-order valence-electron chi connectivity index (χ4n) is 2.61. The van der Waals surface area contributed by atoms with Crippen molar-refractivity contribution in [3.63, 3.8) is 0 Å². The maximum atomic E-state index is 6.38. The lowest BCUT2D eigenvalue weighted by Crippen LogP contribution is -2.18. The Morgan fingerprint density at radius 3 is 2.76 bits per heavy atom. The van der Waals surface area contributed by atoms with Crippen LogP contribution >= 0.6 is 11.6 Å². The molecule has 112 valence electrons. The van der Waals surface area contributed by atoms with Gasteiger partial charge in [-0.1, -0.05) is 17.7 Å². The Kier molecular flexibility index (Phi) is 4.46. The zero-order valence-electron chi connectivity index (χ0n) is 12.3. The van der Waals surface area contributed by atoms with Gasteiger partial charge >= 0.3 is 0 Å². The molecule has 0 spiro atoms. The summed E-state index contributed by atoms with van der Waals surface area (Å²) in [6, 6.07) is 5.97. The summed E-state index contributed by atoms with van der Waals surface area (Å²) in [6.45, 7) is 3.78. The van der Waals surface area contributed by atoms with Crippen LogP contribution in [0.4, 0.5) is 0 Å². The summed E-state index contributed by atoms with van der Waals surface area (Å²) in [5.74, 6) is 0.798. The van der Waals surface area contributed by atoms with Crippen molar-refractivity contribution in [1.29, 1.82) is 0 Å². The summed E-state index contributed by atoms with van der Waals surface area (Å²) in [5.41, 5.74) is 2.21. The topological polar surface area (TPSA) is 30.3 Å². The SMILES string of the molecule is Cn1cncc1COc1ccc(CN2CCCC2)c(Cl)c1. The van der Waals surface area contributed by atoms with Crippen LogP contribution in [0.5, 0.6) is 5.75 Å². The number of rotatable bonds is 5. The van der Waals surface area contributed by atoms with Crippen LogP contribution in [0.15, 0.2) is 30.7 Å². The van der Waals surface area contributed by atoms with Gasteiger partial charge in [-0.2, -0.15) is 0 Å². The average molecular weight is 306 g/mol. The first-order valence-corrected chi connectivity index (χ1v) is 7.69. The molecule has 4 nitrogen and oxygen atoms in total. The second-order valence-corrected chi connectivity index (χ2v) is 5.93. The van der Waals surface area contributed by atoms with E-state index >= 15 is 0 Å². The van der Waals surface area contributed by atoms with E-state index in [4.69, 9.17) is 16.3 Å². The normalized spacial score (nSPS) is 15.5. The van der Waals surface area contributed by atoms with Crippen LogP contribution in [0.25, 0.3) is 0 Å². The molecule has 2 heterocycles. The van der Waals surface area contributed by atoms with E-state index in [1.165, 1.54) is 31.5 Å². The number of imidazole rings is 1. The van der Waals surface area contributed by atoms with E-state index in [1.807, 2.05) is 29.9 Å². The molecule has 0 bridgehead atoms.